The Hall–Kier alpha value is -2.56. The molecule has 0 radical (unpaired) electrons. The molecule has 0 fully saturated rings. The van der Waals surface area contributed by atoms with E-state index >= 15 is 0 Å². The fourth-order valence-corrected chi connectivity index (χ4v) is 4.17. The van der Waals surface area contributed by atoms with Crippen LogP contribution in [0.15, 0.2) is 63.8 Å². The summed E-state index contributed by atoms with van der Waals surface area (Å²) in [7, 11) is -3.76. The number of hydrogen-bond donors (Lipinski definition) is 1. The van der Waals surface area contributed by atoms with E-state index in [1.54, 1.807) is 5.38 Å². The van der Waals surface area contributed by atoms with Gasteiger partial charge in [0.1, 0.15) is 0 Å². The first-order valence-electron chi connectivity index (χ1n) is 7.49. The minimum atomic E-state index is -3.76. The summed E-state index contributed by atoms with van der Waals surface area (Å²) in [5.41, 5.74) is 2.02. The summed E-state index contributed by atoms with van der Waals surface area (Å²) in [6.45, 7) is 0. The quantitative estimate of drug-likeness (QED) is 0.412. The second kappa shape index (κ2) is 7.99. The van der Waals surface area contributed by atoms with E-state index < -0.39 is 14.9 Å². The van der Waals surface area contributed by atoms with Gasteiger partial charge in [0.05, 0.1) is 16.0 Å². The first kappa shape index (κ1) is 19.2. The van der Waals surface area contributed by atoms with Gasteiger partial charge in [-0.1, -0.05) is 28.1 Å². The van der Waals surface area contributed by atoms with Crippen LogP contribution < -0.4 is 4.72 Å². The van der Waals surface area contributed by atoms with Gasteiger partial charge in [0.25, 0.3) is 15.7 Å². The number of non-ortho nitro benzene ring substituents is 1. The second-order valence-electron chi connectivity index (χ2n) is 5.34. The van der Waals surface area contributed by atoms with Crippen LogP contribution in [-0.2, 0) is 10.0 Å². The van der Waals surface area contributed by atoms with Crippen molar-refractivity contribution >= 4 is 54.2 Å². The monoisotopic (exact) mass is 465 g/mol. The van der Waals surface area contributed by atoms with Gasteiger partial charge in [0.2, 0.25) is 0 Å². The number of nitro benzene ring substituents is 1. The Morgan fingerprint density at radius 2 is 1.78 bits per heavy atom. The third-order valence-electron chi connectivity index (χ3n) is 3.42. The highest BCUT2D eigenvalue weighted by molar-refractivity contribution is 9.10. The van der Waals surface area contributed by atoms with Crippen LogP contribution in [0.2, 0.25) is 0 Å². The largest absolute Gasteiger partial charge is 0.269 e. The van der Waals surface area contributed by atoms with Crippen LogP contribution in [0.1, 0.15) is 5.56 Å². The Balaban J connectivity index is 1.71. The van der Waals surface area contributed by atoms with Crippen molar-refractivity contribution in [2.45, 2.75) is 0 Å². The predicted octanol–water partition coefficient (Wildman–Crippen LogP) is 4.89. The van der Waals surface area contributed by atoms with Gasteiger partial charge in [-0.05, 0) is 35.9 Å². The van der Waals surface area contributed by atoms with Gasteiger partial charge in [-0.25, -0.2) is 13.4 Å². The predicted molar refractivity (Wildman–Crippen MR) is 110 cm³/mol. The van der Waals surface area contributed by atoms with Crippen LogP contribution in [-0.4, -0.2) is 18.3 Å². The number of nitrogens with one attached hydrogen (secondary N) is 1. The Bertz CT molecular complexity index is 1090. The lowest BCUT2D eigenvalue weighted by molar-refractivity contribution is -0.384. The number of anilines is 1. The van der Waals surface area contributed by atoms with Gasteiger partial charge in [0.15, 0.2) is 5.13 Å². The number of halogens is 1. The van der Waals surface area contributed by atoms with Crippen molar-refractivity contribution < 1.29 is 13.3 Å². The van der Waals surface area contributed by atoms with Crippen LogP contribution in [0.5, 0.6) is 0 Å². The summed E-state index contributed by atoms with van der Waals surface area (Å²) in [5.74, 6) is 0. The van der Waals surface area contributed by atoms with E-state index in [9.17, 15) is 18.5 Å². The molecule has 0 bridgehead atoms. The Labute approximate surface area is 167 Å². The molecule has 0 aliphatic heterocycles. The van der Waals surface area contributed by atoms with Crippen LogP contribution >= 0.6 is 27.3 Å². The van der Waals surface area contributed by atoms with Crippen molar-refractivity contribution in [2.75, 3.05) is 4.72 Å². The maximum atomic E-state index is 12.2. The molecular formula is C17H12BrN3O4S2. The smallest absolute Gasteiger partial charge is 0.258 e. The van der Waals surface area contributed by atoms with E-state index in [2.05, 4.69) is 25.6 Å². The van der Waals surface area contributed by atoms with Crippen LogP contribution in [0.4, 0.5) is 10.8 Å². The van der Waals surface area contributed by atoms with Crippen molar-refractivity contribution in [3.8, 4) is 11.3 Å². The topological polar surface area (TPSA) is 102 Å². The van der Waals surface area contributed by atoms with Gasteiger partial charge in [-0.3, -0.25) is 14.8 Å². The molecule has 0 spiro atoms. The van der Waals surface area contributed by atoms with Crippen molar-refractivity contribution in [1.82, 2.24) is 4.98 Å². The van der Waals surface area contributed by atoms with E-state index in [0.29, 0.717) is 11.3 Å². The summed E-state index contributed by atoms with van der Waals surface area (Å²) >= 11 is 4.54. The van der Waals surface area contributed by atoms with Crippen LogP contribution in [0, 0.1) is 10.1 Å². The highest BCUT2D eigenvalue weighted by Gasteiger charge is 2.11. The highest BCUT2D eigenvalue weighted by atomic mass is 79.9. The molecule has 1 aromatic heterocycles. The fourth-order valence-electron chi connectivity index (χ4n) is 2.10. The lowest BCUT2D eigenvalue weighted by Crippen LogP contribution is -2.08. The van der Waals surface area contributed by atoms with Gasteiger partial charge in [-0.2, -0.15) is 0 Å². The van der Waals surface area contributed by atoms with Gasteiger partial charge < -0.3 is 0 Å². The average Bonchev–Trinajstić information content (AvgIpc) is 3.08. The van der Waals surface area contributed by atoms with Gasteiger partial charge in [0, 0.05) is 27.5 Å². The standard InChI is InChI=1S/C17H12BrN3O4S2/c18-14-5-3-13(4-6-14)16-11-26-17(19-16)20-27(24,25)10-9-12-1-7-15(8-2-12)21(22)23/h1-11H,(H,19,20). The molecule has 0 unspecified atom stereocenters. The average molecular weight is 466 g/mol. The molecule has 0 saturated heterocycles. The van der Waals surface area contributed by atoms with Crippen molar-refractivity contribution in [2.24, 2.45) is 0 Å². The molecule has 27 heavy (non-hydrogen) atoms. The second-order valence-corrected chi connectivity index (χ2v) is 8.68. The molecular weight excluding hydrogens is 454 g/mol. The lowest BCUT2D eigenvalue weighted by atomic mass is 10.2. The van der Waals surface area contributed by atoms with Crippen molar-refractivity contribution in [3.05, 3.63) is 79.5 Å². The summed E-state index contributed by atoms with van der Waals surface area (Å²) in [4.78, 5) is 14.4. The zero-order chi connectivity index (χ0) is 19.4. The minimum Gasteiger partial charge on any atom is -0.258 e. The van der Waals surface area contributed by atoms with Gasteiger partial charge in [-0.15, -0.1) is 11.3 Å². The molecule has 0 aliphatic rings. The van der Waals surface area contributed by atoms with E-state index in [-0.39, 0.29) is 10.8 Å². The number of sulfonamides is 1. The molecule has 0 saturated carbocycles. The maximum Gasteiger partial charge on any atom is 0.269 e. The third-order valence-corrected chi connectivity index (χ3v) is 5.81. The van der Waals surface area contributed by atoms with E-state index in [0.717, 1.165) is 15.4 Å². The molecule has 0 atom stereocenters. The molecule has 7 nitrogen and oxygen atoms in total. The maximum absolute atomic E-state index is 12.2. The van der Waals surface area contributed by atoms with E-state index in [1.807, 2.05) is 24.3 Å². The van der Waals surface area contributed by atoms with E-state index in [1.165, 1.54) is 41.7 Å². The number of aromatic nitrogens is 1. The minimum absolute atomic E-state index is 0.0589. The summed E-state index contributed by atoms with van der Waals surface area (Å²) in [6.07, 6.45) is 1.36. The third kappa shape index (κ3) is 5.22. The lowest BCUT2D eigenvalue weighted by Gasteiger charge is -2.00. The first-order valence-corrected chi connectivity index (χ1v) is 10.7. The zero-order valence-corrected chi connectivity index (χ0v) is 16.8. The number of rotatable bonds is 6. The summed E-state index contributed by atoms with van der Waals surface area (Å²) in [5, 5.41) is 13.6. The molecule has 3 rings (SSSR count). The Morgan fingerprint density at radius 1 is 1.11 bits per heavy atom. The SMILES string of the molecule is O=[N+]([O-])c1ccc(C=CS(=O)(=O)Nc2nc(-c3ccc(Br)cc3)cs2)cc1. The molecule has 3 aromatic rings. The Kier molecular flexibility index (Phi) is 5.68. The molecule has 1 heterocycles. The van der Waals surface area contributed by atoms with Crippen LogP contribution in [0.25, 0.3) is 17.3 Å². The zero-order valence-electron chi connectivity index (χ0n) is 13.6. The number of thiazole rings is 1. The van der Waals surface area contributed by atoms with Crippen LogP contribution in [0.3, 0.4) is 0 Å². The normalized spacial score (nSPS) is 11.6. The summed E-state index contributed by atoms with van der Waals surface area (Å²) < 4.78 is 27.7. The fraction of sp³-hybridized carbons (Fsp3) is 0. The molecule has 138 valence electrons. The highest BCUT2D eigenvalue weighted by Crippen LogP contribution is 2.26. The molecule has 10 heteroatoms. The molecule has 2 aromatic carbocycles. The van der Waals surface area contributed by atoms with Gasteiger partial charge >= 0.3 is 0 Å². The Morgan fingerprint density at radius 3 is 2.41 bits per heavy atom. The number of hydrogen-bond acceptors (Lipinski definition) is 6. The van der Waals surface area contributed by atoms with E-state index in [4.69, 9.17) is 0 Å². The first-order chi connectivity index (χ1) is 12.8. The summed E-state index contributed by atoms with van der Waals surface area (Å²) in [6, 6.07) is 13.1. The van der Waals surface area contributed by atoms with Crippen molar-refractivity contribution in [3.63, 3.8) is 0 Å². The molecule has 0 aliphatic carbocycles. The number of benzene rings is 2. The molecule has 1 N–H and O–H groups in total. The number of nitrogens with zero attached hydrogens (tertiary/aromatic N) is 2. The number of nitro groups is 1. The molecule has 0 amide bonds. The van der Waals surface area contributed by atoms with Crippen molar-refractivity contribution in [1.29, 1.82) is 0 Å².